The summed E-state index contributed by atoms with van der Waals surface area (Å²) in [5.41, 5.74) is 2.48. The number of esters is 1. The normalized spacial score (nSPS) is 20.5. The number of piperidine rings is 1. The van der Waals surface area contributed by atoms with E-state index < -0.39 is 0 Å². The van der Waals surface area contributed by atoms with E-state index in [9.17, 15) is 9.59 Å². The number of aryl methyl sites for hydroxylation is 2. The first-order valence-corrected chi connectivity index (χ1v) is 9.52. The van der Waals surface area contributed by atoms with E-state index in [-0.39, 0.29) is 29.9 Å². The molecule has 1 N–H and O–H groups in total. The van der Waals surface area contributed by atoms with Gasteiger partial charge in [0, 0.05) is 31.6 Å². The van der Waals surface area contributed by atoms with Gasteiger partial charge in [-0.2, -0.15) is 0 Å². The smallest absolute Gasteiger partial charge is 0.312 e. The molecule has 0 bridgehead atoms. The zero-order valence-corrected chi connectivity index (χ0v) is 17.1. The van der Waals surface area contributed by atoms with Gasteiger partial charge in [0.05, 0.1) is 5.41 Å². The van der Waals surface area contributed by atoms with Crippen molar-refractivity contribution in [3.63, 3.8) is 0 Å². The fourth-order valence-electron chi connectivity index (χ4n) is 4.03. The van der Waals surface area contributed by atoms with E-state index in [1.165, 1.54) is 0 Å². The van der Waals surface area contributed by atoms with E-state index in [2.05, 4.69) is 4.90 Å². The van der Waals surface area contributed by atoms with Gasteiger partial charge in [0.15, 0.2) is 0 Å². The summed E-state index contributed by atoms with van der Waals surface area (Å²) >= 11 is 0. The van der Waals surface area contributed by atoms with E-state index in [1.54, 1.807) is 0 Å². The van der Waals surface area contributed by atoms with Crippen LogP contribution in [-0.2, 0) is 14.3 Å². The van der Waals surface area contributed by atoms with Crippen LogP contribution >= 0.6 is 0 Å². The number of carbonyl (C=O) groups excluding carboxylic acids is 2. The molecule has 1 amide bonds. The molecule has 0 radical (unpaired) electrons. The number of hydrogen-bond acceptors (Lipinski definition) is 5. The van der Waals surface area contributed by atoms with E-state index in [1.807, 2.05) is 51.0 Å². The molecule has 7 nitrogen and oxygen atoms in total. The van der Waals surface area contributed by atoms with Crippen LogP contribution < -0.4 is 0 Å². The van der Waals surface area contributed by atoms with E-state index in [0.717, 1.165) is 29.7 Å². The fourth-order valence-corrected chi connectivity index (χ4v) is 4.03. The van der Waals surface area contributed by atoms with Crippen LogP contribution in [0.25, 0.3) is 0 Å². The molecule has 3 rings (SSSR count). The van der Waals surface area contributed by atoms with Crippen molar-refractivity contribution in [2.24, 2.45) is 5.41 Å². The van der Waals surface area contributed by atoms with Crippen LogP contribution in [0, 0.1) is 19.3 Å². The minimum absolute atomic E-state index is 0.0243. The molecule has 0 aliphatic carbocycles. The van der Waals surface area contributed by atoms with Crippen LogP contribution in [0.2, 0.25) is 0 Å². The zero-order valence-electron chi connectivity index (χ0n) is 17.1. The summed E-state index contributed by atoms with van der Waals surface area (Å²) in [7, 11) is 3.98. The van der Waals surface area contributed by atoms with Crippen molar-refractivity contribution >= 4 is 18.3 Å². The maximum Gasteiger partial charge on any atom is 0.312 e. The molecule has 1 spiro atoms. The Bertz CT molecular complexity index is 724. The number of carbonyl (C=O) groups is 3. The van der Waals surface area contributed by atoms with Crippen LogP contribution in [0.3, 0.4) is 0 Å². The molecule has 2 heterocycles. The first-order valence-electron chi connectivity index (χ1n) is 9.52. The SMILES string of the molecule is Cc1ccc(C)c(C(=O)N2CCC3(CC2)CC(CN(C)C)OC3=O)c1.O=CO. The van der Waals surface area contributed by atoms with Crippen molar-refractivity contribution in [1.29, 1.82) is 0 Å². The van der Waals surface area contributed by atoms with Gasteiger partial charge in [-0.1, -0.05) is 17.7 Å². The van der Waals surface area contributed by atoms with Gasteiger partial charge in [0.1, 0.15) is 6.10 Å². The average Bonchev–Trinajstić information content (AvgIpc) is 2.92. The van der Waals surface area contributed by atoms with Crippen molar-refractivity contribution in [3.05, 3.63) is 34.9 Å². The Morgan fingerprint density at radius 3 is 2.50 bits per heavy atom. The molecule has 28 heavy (non-hydrogen) atoms. The number of rotatable bonds is 3. The second kappa shape index (κ2) is 9.19. The average molecular weight is 390 g/mol. The summed E-state index contributed by atoms with van der Waals surface area (Å²) in [6.07, 6.45) is 2.15. The Morgan fingerprint density at radius 2 is 1.93 bits per heavy atom. The highest BCUT2D eigenvalue weighted by Gasteiger charge is 2.50. The molecule has 0 saturated carbocycles. The molecular weight excluding hydrogens is 360 g/mol. The number of hydrogen-bond donors (Lipinski definition) is 1. The highest BCUT2D eigenvalue weighted by molar-refractivity contribution is 5.96. The van der Waals surface area contributed by atoms with Gasteiger partial charge in [-0.05, 0) is 52.4 Å². The summed E-state index contributed by atoms with van der Waals surface area (Å²) in [5, 5.41) is 6.89. The monoisotopic (exact) mass is 390 g/mol. The van der Waals surface area contributed by atoms with Gasteiger partial charge >= 0.3 is 5.97 Å². The van der Waals surface area contributed by atoms with Crippen LogP contribution in [0.15, 0.2) is 18.2 Å². The molecule has 2 aliphatic heterocycles. The third kappa shape index (κ3) is 4.90. The molecule has 1 aromatic carbocycles. The van der Waals surface area contributed by atoms with E-state index in [4.69, 9.17) is 14.6 Å². The maximum atomic E-state index is 12.9. The highest BCUT2D eigenvalue weighted by atomic mass is 16.6. The van der Waals surface area contributed by atoms with Gasteiger partial charge in [-0.25, -0.2) is 0 Å². The minimum atomic E-state index is -0.390. The van der Waals surface area contributed by atoms with Gasteiger partial charge in [0.25, 0.3) is 12.4 Å². The molecule has 2 aliphatic rings. The van der Waals surface area contributed by atoms with Crippen LogP contribution in [0.1, 0.15) is 40.7 Å². The first kappa shape index (κ1) is 21.9. The van der Waals surface area contributed by atoms with Crippen molar-refractivity contribution in [2.45, 2.75) is 39.2 Å². The number of ether oxygens (including phenoxy) is 1. The quantitative estimate of drug-likeness (QED) is 0.628. The van der Waals surface area contributed by atoms with E-state index in [0.29, 0.717) is 25.9 Å². The summed E-state index contributed by atoms with van der Waals surface area (Å²) in [6, 6.07) is 5.98. The largest absolute Gasteiger partial charge is 0.483 e. The lowest BCUT2D eigenvalue weighted by Crippen LogP contribution is -2.45. The lowest BCUT2D eigenvalue weighted by Gasteiger charge is -2.36. The predicted molar refractivity (Wildman–Crippen MR) is 105 cm³/mol. The number of nitrogens with zero attached hydrogens (tertiary/aromatic N) is 2. The van der Waals surface area contributed by atoms with Crippen LogP contribution in [0.4, 0.5) is 0 Å². The topological polar surface area (TPSA) is 87.2 Å². The zero-order chi connectivity index (χ0) is 20.9. The van der Waals surface area contributed by atoms with Crippen molar-refractivity contribution in [2.75, 3.05) is 33.7 Å². The second-order valence-corrected chi connectivity index (χ2v) is 7.99. The molecule has 2 saturated heterocycles. The number of likely N-dealkylation sites (N-methyl/N-ethyl adjacent to an activating group) is 1. The Balaban J connectivity index is 0.000000878. The number of cyclic esters (lactones) is 1. The standard InChI is InChI=1S/C20H28N2O3.CH2O2/c1-14-5-6-15(2)17(11-14)18(23)22-9-7-20(8-10-22)12-16(13-21(3)4)25-19(20)24;2-1-3/h5-6,11,16H,7-10,12-13H2,1-4H3;1H,(H,2,3). The lowest BCUT2D eigenvalue weighted by atomic mass is 9.76. The molecule has 1 atom stereocenters. The molecule has 154 valence electrons. The molecule has 7 heteroatoms. The van der Waals surface area contributed by atoms with Gasteiger partial charge in [-0.3, -0.25) is 14.4 Å². The van der Waals surface area contributed by atoms with Gasteiger partial charge in [0.2, 0.25) is 0 Å². The summed E-state index contributed by atoms with van der Waals surface area (Å²) in [5.74, 6) is 0.00504. The van der Waals surface area contributed by atoms with Crippen molar-refractivity contribution in [1.82, 2.24) is 9.80 Å². The highest BCUT2D eigenvalue weighted by Crippen LogP contribution is 2.43. The van der Waals surface area contributed by atoms with E-state index >= 15 is 0 Å². The third-order valence-electron chi connectivity index (χ3n) is 5.53. The van der Waals surface area contributed by atoms with Crippen molar-refractivity contribution < 1.29 is 24.2 Å². The Labute approximate surface area is 166 Å². The first-order chi connectivity index (χ1) is 13.2. The van der Waals surface area contributed by atoms with Crippen LogP contribution in [0.5, 0.6) is 0 Å². The maximum absolute atomic E-state index is 12.9. The summed E-state index contributed by atoms with van der Waals surface area (Å²) < 4.78 is 5.60. The molecule has 1 aromatic rings. The predicted octanol–water partition coefficient (Wildman–Crippen LogP) is 2.10. The van der Waals surface area contributed by atoms with Gasteiger partial charge in [-0.15, -0.1) is 0 Å². The molecule has 2 fully saturated rings. The third-order valence-corrected chi connectivity index (χ3v) is 5.53. The molecule has 0 aromatic heterocycles. The number of amides is 1. The number of likely N-dealkylation sites (tertiary alicyclic amines) is 1. The summed E-state index contributed by atoms with van der Waals surface area (Å²) in [4.78, 5) is 37.6. The molecule has 1 unspecified atom stereocenters. The Morgan fingerprint density at radius 1 is 1.32 bits per heavy atom. The Hall–Kier alpha value is -2.41. The number of carboxylic acid groups (broad SMARTS) is 1. The lowest BCUT2D eigenvalue weighted by molar-refractivity contribution is -0.150. The minimum Gasteiger partial charge on any atom is -0.483 e. The second-order valence-electron chi connectivity index (χ2n) is 7.99. The van der Waals surface area contributed by atoms with Crippen LogP contribution in [-0.4, -0.2) is 73.1 Å². The number of benzene rings is 1. The summed E-state index contributed by atoms with van der Waals surface area (Å²) in [6.45, 7) is 5.73. The van der Waals surface area contributed by atoms with Gasteiger partial charge < -0.3 is 19.6 Å². The fraction of sp³-hybridized carbons (Fsp3) is 0.571. The van der Waals surface area contributed by atoms with Crippen molar-refractivity contribution in [3.8, 4) is 0 Å². The molecular formula is C21H30N2O5. The Kier molecular flexibility index (Phi) is 7.18.